The third-order valence-corrected chi connectivity index (χ3v) is 3.56. The number of nitrogens with zero attached hydrogens (tertiary/aromatic N) is 1. The van der Waals surface area contributed by atoms with Gasteiger partial charge < -0.3 is 5.32 Å². The van der Waals surface area contributed by atoms with Gasteiger partial charge in [-0.05, 0) is 24.6 Å². The number of anilines is 1. The minimum atomic E-state index is -1.06. The maximum absolute atomic E-state index is 12.6. The van der Waals surface area contributed by atoms with Crippen molar-refractivity contribution >= 4 is 17.6 Å². The highest BCUT2D eigenvalue weighted by atomic mass is 16.2. The van der Waals surface area contributed by atoms with Crippen LogP contribution in [0, 0.1) is 0 Å². The lowest BCUT2D eigenvalue weighted by atomic mass is 9.92. The molecule has 1 aliphatic rings. The van der Waals surface area contributed by atoms with E-state index in [2.05, 4.69) is 10.7 Å². The van der Waals surface area contributed by atoms with E-state index in [4.69, 9.17) is 0 Å². The molecule has 3 rings (SSSR count). The summed E-state index contributed by atoms with van der Waals surface area (Å²) in [4.78, 5) is 24.7. The molecule has 0 aromatic heterocycles. The Balaban J connectivity index is 1.89. The van der Waals surface area contributed by atoms with Crippen LogP contribution < -0.4 is 10.7 Å². The first kappa shape index (κ1) is 13.2. The molecule has 1 unspecified atom stereocenters. The molecule has 5 heteroatoms. The number of carbonyl (C=O) groups excluding carboxylic acids is 2. The molecule has 1 fully saturated rings. The van der Waals surface area contributed by atoms with Crippen molar-refractivity contribution in [3.8, 4) is 0 Å². The van der Waals surface area contributed by atoms with Crippen LogP contribution in [0.1, 0.15) is 12.5 Å². The molecular weight excluding hydrogens is 266 g/mol. The Kier molecular flexibility index (Phi) is 3.10. The molecule has 2 aromatic carbocycles. The number of nitrogens with one attached hydrogen (secondary N) is 2. The third kappa shape index (κ3) is 2.23. The summed E-state index contributed by atoms with van der Waals surface area (Å²) in [6.07, 6.45) is 0. The number of amides is 3. The SMILES string of the molecule is CC1(c2ccccc2)NC(=O)N(Nc2ccccc2)C1=O. The first-order valence-electron chi connectivity index (χ1n) is 6.65. The zero-order chi connectivity index (χ0) is 14.9. The Bertz CT molecular complexity index is 672. The average Bonchev–Trinajstić information content (AvgIpc) is 2.74. The van der Waals surface area contributed by atoms with E-state index < -0.39 is 11.6 Å². The Hall–Kier alpha value is -2.82. The van der Waals surface area contributed by atoms with Crippen molar-refractivity contribution < 1.29 is 9.59 Å². The Morgan fingerprint density at radius 2 is 1.52 bits per heavy atom. The molecule has 1 heterocycles. The zero-order valence-electron chi connectivity index (χ0n) is 11.5. The summed E-state index contributed by atoms with van der Waals surface area (Å²) >= 11 is 0. The number of hydrazine groups is 1. The molecule has 0 spiro atoms. The molecule has 5 nitrogen and oxygen atoms in total. The Labute approximate surface area is 122 Å². The van der Waals surface area contributed by atoms with Crippen LogP contribution >= 0.6 is 0 Å². The van der Waals surface area contributed by atoms with Gasteiger partial charge in [0, 0.05) is 0 Å². The largest absolute Gasteiger partial charge is 0.344 e. The molecule has 0 radical (unpaired) electrons. The lowest BCUT2D eigenvalue weighted by Crippen LogP contribution is -2.41. The Morgan fingerprint density at radius 3 is 2.14 bits per heavy atom. The third-order valence-electron chi connectivity index (χ3n) is 3.56. The average molecular weight is 281 g/mol. The van der Waals surface area contributed by atoms with Gasteiger partial charge in [-0.15, -0.1) is 0 Å². The highest BCUT2D eigenvalue weighted by molar-refractivity contribution is 6.08. The van der Waals surface area contributed by atoms with Gasteiger partial charge in [0.25, 0.3) is 5.91 Å². The number of hydrogen-bond donors (Lipinski definition) is 2. The zero-order valence-corrected chi connectivity index (χ0v) is 11.5. The minimum absolute atomic E-state index is 0.331. The summed E-state index contributed by atoms with van der Waals surface area (Å²) in [6, 6.07) is 17.8. The molecule has 3 amide bonds. The van der Waals surface area contributed by atoms with E-state index in [1.807, 2.05) is 48.5 Å². The van der Waals surface area contributed by atoms with Gasteiger partial charge in [0.2, 0.25) is 0 Å². The summed E-state index contributed by atoms with van der Waals surface area (Å²) in [5.41, 5.74) is 3.21. The van der Waals surface area contributed by atoms with Crippen LogP contribution in [0.25, 0.3) is 0 Å². The number of urea groups is 1. The van der Waals surface area contributed by atoms with Crippen molar-refractivity contribution in [1.29, 1.82) is 0 Å². The number of hydrogen-bond acceptors (Lipinski definition) is 3. The van der Waals surface area contributed by atoms with Crippen molar-refractivity contribution in [2.75, 3.05) is 5.43 Å². The van der Waals surface area contributed by atoms with Crippen molar-refractivity contribution in [2.45, 2.75) is 12.5 Å². The van der Waals surface area contributed by atoms with Crippen molar-refractivity contribution in [1.82, 2.24) is 10.3 Å². The van der Waals surface area contributed by atoms with Crippen molar-refractivity contribution in [3.63, 3.8) is 0 Å². The van der Waals surface area contributed by atoms with E-state index in [9.17, 15) is 9.59 Å². The molecule has 0 bridgehead atoms. The number of rotatable bonds is 3. The van der Waals surface area contributed by atoms with E-state index in [-0.39, 0.29) is 5.91 Å². The van der Waals surface area contributed by atoms with Crippen LogP contribution in [0.5, 0.6) is 0 Å². The van der Waals surface area contributed by atoms with Gasteiger partial charge in [-0.25, -0.2) is 4.79 Å². The second kappa shape index (κ2) is 4.94. The Morgan fingerprint density at radius 1 is 0.952 bits per heavy atom. The number of para-hydroxylation sites is 1. The highest BCUT2D eigenvalue weighted by Crippen LogP contribution is 2.28. The first-order valence-corrected chi connectivity index (χ1v) is 6.65. The van der Waals surface area contributed by atoms with Crippen molar-refractivity contribution in [3.05, 3.63) is 66.2 Å². The standard InChI is InChI=1S/C16H15N3O2/c1-16(12-8-4-2-5-9-12)14(20)19(15(21)17-16)18-13-10-6-3-7-11-13/h2-11,18H,1H3,(H,17,21). The fourth-order valence-electron chi connectivity index (χ4n) is 2.35. The molecule has 1 atom stereocenters. The summed E-state index contributed by atoms with van der Waals surface area (Å²) < 4.78 is 0. The van der Waals surface area contributed by atoms with Crippen LogP contribution in [-0.2, 0) is 10.3 Å². The smallest absolute Gasteiger partial charge is 0.318 e. The molecule has 0 aliphatic carbocycles. The predicted molar refractivity (Wildman–Crippen MR) is 79.2 cm³/mol. The van der Waals surface area contributed by atoms with Gasteiger partial charge in [-0.2, -0.15) is 5.01 Å². The van der Waals surface area contributed by atoms with Crippen LogP contribution in [-0.4, -0.2) is 16.9 Å². The minimum Gasteiger partial charge on any atom is -0.318 e. The molecule has 0 saturated carbocycles. The lowest BCUT2D eigenvalue weighted by molar-refractivity contribution is -0.130. The fraction of sp³-hybridized carbons (Fsp3) is 0.125. The number of benzene rings is 2. The van der Waals surface area contributed by atoms with E-state index in [0.29, 0.717) is 5.69 Å². The summed E-state index contributed by atoms with van der Waals surface area (Å²) in [6.45, 7) is 1.70. The van der Waals surface area contributed by atoms with Crippen LogP contribution in [0.4, 0.5) is 10.5 Å². The first-order chi connectivity index (χ1) is 10.1. The van der Waals surface area contributed by atoms with Gasteiger partial charge in [0.1, 0.15) is 5.54 Å². The molecule has 2 aromatic rings. The maximum Gasteiger partial charge on any atom is 0.344 e. The topological polar surface area (TPSA) is 61.4 Å². The van der Waals surface area contributed by atoms with Crippen LogP contribution in [0.2, 0.25) is 0 Å². The number of imide groups is 1. The molecule has 2 N–H and O–H groups in total. The molecule has 1 aliphatic heterocycles. The van der Waals surface area contributed by atoms with E-state index in [1.54, 1.807) is 19.1 Å². The lowest BCUT2D eigenvalue weighted by Gasteiger charge is -2.22. The monoisotopic (exact) mass is 281 g/mol. The molecule has 21 heavy (non-hydrogen) atoms. The van der Waals surface area contributed by atoms with Gasteiger partial charge in [0.15, 0.2) is 0 Å². The quantitative estimate of drug-likeness (QED) is 0.850. The second-order valence-electron chi connectivity index (χ2n) is 5.04. The van der Waals surface area contributed by atoms with E-state index in [0.717, 1.165) is 10.6 Å². The summed E-state index contributed by atoms with van der Waals surface area (Å²) in [5, 5.41) is 3.76. The van der Waals surface area contributed by atoms with Gasteiger partial charge in [-0.3, -0.25) is 10.2 Å². The van der Waals surface area contributed by atoms with Crippen LogP contribution in [0.3, 0.4) is 0 Å². The predicted octanol–water partition coefficient (Wildman–Crippen LogP) is 2.48. The van der Waals surface area contributed by atoms with Gasteiger partial charge in [-0.1, -0.05) is 48.5 Å². The number of carbonyl (C=O) groups is 2. The maximum atomic E-state index is 12.6. The van der Waals surface area contributed by atoms with E-state index >= 15 is 0 Å². The summed E-state index contributed by atoms with van der Waals surface area (Å²) in [5.74, 6) is -0.331. The fourth-order valence-corrected chi connectivity index (χ4v) is 2.35. The highest BCUT2D eigenvalue weighted by Gasteiger charge is 2.49. The second-order valence-corrected chi connectivity index (χ2v) is 5.04. The molecule has 1 saturated heterocycles. The molecule has 106 valence electrons. The van der Waals surface area contributed by atoms with Gasteiger partial charge >= 0.3 is 6.03 Å². The summed E-state index contributed by atoms with van der Waals surface area (Å²) in [7, 11) is 0. The molecular formula is C16H15N3O2. The normalized spacial score (nSPS) is 21.3. The van der Waals surface area contributed by atoms with Crippen LogP contribution in [0.15, 0.2) is 60.7 Å². The van der Waals surface area contributed by atoms with Gasteiger partial charge in [0.05, 0.1) is 5.69 Å². The van der Waals surface area contributed by atoms with Crippen molar-refractivity contribution in [2.24, 2.45) is 0 Å². The van der Waals surface area contributed by atoms with E-state index in [1.165, 1.54) is 0 Å².